The Labute approximate surface area is 117 Å². The van der Waals surface area contributed by atoms with Crippen LogP contribution in [0.25, 0.3) is 0 Å². The van der Waals surface area contributed by atoms with Crippen molar-refractivity contribution in [3.05, 3.63) is 35.4 Å². The summed E-state index contributed by atoms with van der Waals surface area (Å²) >= 11 is 0. The van der Waals surface area contributed by atoms with Crippen LogP contribution >= 0.6 is 12.4 Å². The number of benzene rings is 1. The molecular weight excluding hydrogens is 277 g/mol. The second kappa shape index (κ2) is 7.72. The molecule has 1 N–H and O–H groups in total. The minimum atomic E-state index is -0.869. The first-order valence-electron chi connectivity index (χ1n) is 6.18. The summed E-state index contributed by atoms with van der Waals surface area (Å²) in [6.07, 6.45) is 0.195. The Hall–Kier alpha value is -0.780. The molecule has 19 heavy (non-hydrogen) atoms. The van der Waals surface area contributed by atoms with Gasteiger partial charge in [0, 0.05) is 37.8 Å². The molecule has 0 spiro atoms. The third kappa shape index (κ3) is 3.84. The molecule has 0 saturated carbocycles. The zero-order valence-electron chi connectivity index (χ0n) is 10.5. The molecule has 6 heteroatoms. The van der Waals surface area contributed by atoms with Crippen molar-refractivity contribution >= 4 is 12.4 Å². The van der Waals surface area contributed by atoms with Crippen LogP contribution in [-0.2, 0) is 0 Å². The molecule has 2 rings (SSSR count). The van der Waals surface area contributed by atoms with E-state index in [0.717, 1.165) is 32.2 Å². The van der Waals surface area contributed by atoms with Gasteiger partial charge in [-0.15, -0.1) is 12.4 Å². The maximum atomic E-state index is 13.8. The van der Waals surface area contributed by atoms with Crippen molar-refractivity contribution in [1.82, 2.24) is 10.2 Å². The molecule has 1 aliphatic rings. The largest absolute Gasteiger partial charge is 0.314 e. The van der Waals surface area contributed by atoms with Crippen molar-refractivity contribution in [3.8, 4) is 0 Å². The van der Waals surface area contributed by atoms with Crippen molar-refractivity contribution in [2.75, 3.05) is 32.9 Å². The Morgan fingerprint density at radius 2 is 1.89 bits per heavy atom. The summed E-state index contributed by atoms with van der Waals surface area (Å²) in [5, 5.41) is 3.19. The molecule has 1 atom stereocenters. The number of hydrogen-bond acceptors (Lipinski definition) is 2. The van der Waals surface area contributed by atoms with E-state index in [4.69, 9.17) is 0 Å². The van der Waals surface area contributed by atoms with Crippen LogP contribution in [0.3, 0.4) is 0 Å². The summed E-state index contributed by atoms with van der Waals surface area (Å²) in [6.45, 7) is 2.49. The Kier molecular flexibility index (Phi) is 6.62. The molecule has 1 aromatic carbocycles. The number of alkyl halides is 1. The summed E-state index contributed by atoms with van der Waals surface area (Å²) in [7, 11) is 0. The molecule has 0 amide bonds. The highest BCUT2D eigenvalue weighted by molar-refractivity contribution is 5.85. The van der Waals surface area contributed by atoms with E-state index in [2.05, 4.69) is 5.32 Å². The van der Waals surface area contributed by atoms with Gasteiger partial charge in [0.05, 0.1) is 6.67 Å². The van der Waals surface area contributed by atoms with Gasteiger partial charge < -0.3 is 5.32 Å². The lowest BCUT2D eigenvalue weighted by molar-refractivity contribution is 0.153. The van der Waals surface area contributed by atoms with Crippen LogP contribution < -0.4 is 5.32 Å². The normalized spacial score (nSPS) is 17.8. The summed E-state index contributed by atoms with van der Waals surface area (Å²) in [5.41, 5.74) is 0.259. The van der Waals surface area contributed by atoms with Crippen LogP contribution in [0.5, 0.6) is 0 Å². The Morgan fingerprint density at radius 1 is 1.21 bits per heavy atom. The van der Waals surface area contributed by atoms with E-state index < -0.39 is 18.3 Å². The van der Waals surface area contributed by atoms with Gasteiger partial charge >= 0.3 is 0 Å². The first-order chi connectivity index (χ1) is 8.74. The fourth-order valence-corrected chi connectivity index (χ4v) is 2.41. The first-order valence-corrected chi connectivity index (χ1v) is 6.18. The minimum Gasteiger partial charge on any atom is -0.314 e. The van der Waals surface area contributed by atoms with Crippen LogP contribution in [0.4, 0.5) is 13.2 Å². The lowest BCUT2D eigenvalue weighted by atomic mass is 10.0. The Bertz CT molecular complexity index is 397. The number of piperazine rings is 1. The maximum Gasteiger partial charge on any atom is 0.163 e. The van der Waals surface area contributed by atoms with E-state index in [1.807, 2.05) is 4.90 Å². The van der Waals surface area contributed by atoms with Gasteiger partial charge in [-0.25, -0.2) is 8.78 Å². The van der Waals surface area contributed by atoms with Crippen molar-refractivity contribution < 1.29 is 13.2 Å². The van der Waals surface area contributed by atoms with Crippen LogP contribution in [0.2, 0.25) is 0 Å². The third-order valence-corrected chi connectivity index (χ3v) is 3.32. The summed E-state index contributed by atoms with van der Waals surface area (Å²) < 4.78 is 39.7. The molecule has 0 radical (unpaired) electrons. The van der Waals surface area contributed by atoms with Crippen LogP contribution in [-0.4, -0.2) is 37.8 Å². The van der Waals surface area contributed by atoms with Gasteiger partial charge in [0.25, 0.3) is 0 Å². The molecule has 1 saturated heterocycles. The number of nitrogens with one attached hydrogen (secondary N) is 1. The van der Waals surface area contributed by atoms with E-state index >= 15 is 0 Å². The number of hydrogen-bond donors (Lipinski definition) is 1. The van der Waals surface area contributed by atoms with Crippen molar-refractivity contribution in [2.45, 2.75) is 12.5 Å². The van der Waals surface area contributed by atoms with E-state index in [9.17, 15) is 13.2 Å². The molecule has 1 aliphatic heterocycles. The highest BCUT2D eigenvalue weighted by Gasteiger charge is 2.25. The topological polar surface area (TPSA) is 15.3 Å². The molecule has 1 fully saturated rings. The van der Waals surface area contributed by atoms with E-state index in [0.29, 0.717) is 0 Å². The van der Waals surface area contributed by atoms with E-state index in [1.54, 1.807) is 6.07 Å². The lowest BCUT2D eigenvalue weighted by Gasteiger charge is -2.35. The van der Waals surface area contributed by atoms with Crippen molar-refractivity contribution in [2.24, 2.45) is 0 Å². The van der Waals surface area contributed by atoms with Crippen LogP contribution in [0.15, 0.2) is 18.2 Å². The second-order valence-corrected chi connectivity index (χ2v) is 4.42. The van der Waals surface area contributed by atoms with Crippen LogP contribution in [0, 0.1) is 11.6 Å². The molecule has 0 unspecified atom stereocenters. The van der Waals surface area contributed by atoms with Gasteiger partial charge in [-0.3, -0.25) is 9.29 Å². The number of nitrogens with zero attached hydrogens (tertiary/aromatic N) is 1. The van der Waals surface area contributed by atoms with Gasteiger partial charge in [-0.05, 0) is 12.5 Å². The highest BCUT2D eigenvalue weighted by atomic mass is 35.5. The number of rotatable bonds is 4. The Balaban J connectivity index is 0.00000180. The van der Waals surface area contributed by atoms with E-state index in [1.165, 1.54) is 6.07 Å². The predicted octanol–water partition coefficient (Wildman–Crippen LogP) is 2.69. The number of halogens is 4. The molecule has 0 aromatic heterocycles. The second-order valence-electron chi connectivity index (χ2n) is 4.42. The Morgan fingerprint density at radius 3 is 2.53 bits per heavy atom. The lowest BCUT2D eigenvalue weighted by Crippen LogP contribution is -2.45. The third-order valence-electron chi connectivity index (χ3n) is 3.32. The highest BCUT2D eigenvalue weighted by Crippen LogP contribution is 2.28. The van der Waals surface area contributed by atoms with Gasteiger partial charge in [-0.1, -0.05) is 12.1 Å². The first kappa shape index (κ1) is 16.3. The molecule has 1 aromatic rings. The summed E-state index contributed by atoms with van der Waals surface area (Å²) in [5.74, 6) is -1.72. The molecule has 108 valence electrons. The molecule has 1 heterocycles. The SMILES string of the molecule is Cl.FCC[C@H](c1cccc(F)c1F)N1CCNCC1. The molecule has 0 aliphatic carbocycles. The van der Waals surface area contributed by atoms with E-state index in [-0.39, 0.29) is 30.4 Å². The monoisotopic (exact) mass is 294 g/mol. The zero-order valence-corrected chi connectivity index (χ0v) is 11.4. The van der Waals surface area contributed by atoms with Crippen molar-refractivity contribution in [3.63, 3.8) is 0 Å². The standard InChI is InChI=1S/C13H17F3N2.ClH/c14-5-4-12(18-8-6-17-7-9-18)10-2-1-3-11(15)13(10)16;/h1-3,12,17H,4-9H2;1H/t12-;/m1./s1. The predicted molar refractivity (Wildman–Crippen MR) is 71.4 cm³/mol. The van der Waals surface area contributed by atoms with Crippen LogP contribution in [0.1, 0.15) is 18.0 Å². The average Bonchev–Trinajstić information content (AvgIpc) is 2.41. The summed E-state index contributed by atoms with van der Waals surface area (Å²) in [4.78, 5) is 2.01. The molecule has 2 nitrogen and oxygen atoms in total. The van der Waals surface area contributed by atoms with Crippen molar-refractivity contribution in [1.29, 1.82) is 0 Å². The fourth-order valence-electron chi connectivity index (χ4n) is 2.41. The average molecular weight is 295 g/mol. The minimum absolute atomic E-state index is 0. The van der Waals surface area contributed by atoms with Gasteiger partial charge in [0.2, 0.25) is 0 Å². The van der Waals surface area contributed by atoms with Gasteiger partial charge in [-0.2, -0.15) is 0 Å². The van der Waals surface area contributed by atoms with Gasteiger partial charge in [0.15, 0.2) is 11.6 Å². The maximum absolute atomic E-state index is 13.8. The fraction of sp³-hybridized carbons (Fsp3) is 0.538. The summed E-state index contributed by atoms with van der Waals surface area (Å²) in [6, 6.07) is 3.72. The molecule has 0 bridgehead atoms. The smallest absolute Gasteiger partial charge is 0.163 e. The quantitative estimate of drug-likeness (QED) is 0.918. The zero-order chi connectivity index (χ0) is 13.0. The molecular formula is C13H18ClF3N2. The van der Waals surface area contributed by atoms with Gasteiger partial charge in [0.1, 0.15) is 0 Å².